The van der Waals surface area contributed by atoms with Crippen LogP contribution in [0.15, 0.2) is 0 Å². The largest absolute Gasteiger partial charge is 0.460 e. The van der Waals surface area contributed by atoms with E-state index in [1.54, 1.807) is 13.8 Å². The fourth-order valence-electron chi connectivity index (χ4n) is 3.86. The minimum Gasteiger partial charge on any atom is -0.460 e. The predicted molar refractivity (Wildman–Crippen MR) is 140 cm³/mol. The van der Waals surface area contributed by atoms with Crippen LogP contribution in [-0.2, 0) is 33.5 Å². The highest BCUT2D eigenvalue weighted by Crippen LogP contribution is 2.12. The summed E-state index contributed by atoms with van der Waals surface area (Å²) in [7, 11) is 0. The molecule has 1 rings (SSSR count). The van der Waals surface area contributed by atoms with Crippen molar-refractivity contribution in [3.05, 3.63) is 0 Å². The van der Waals surface area contributed by atoms with Gasteiger partial charge in [-0.1, -0.05) is 47.5 Å². The number of hydrogen-bond donors (Lipinski definition) is 5. The molecule has 12 nitrogen and oxygen atoms in total. The van der Waals surface area contributed by atoms with Crippen LogP contribution in [0, 0.1) is 11.8 Å². The maximum atomic E-state index is 13.1. The molecule has 5 unspecified atom stereocenters. The standard InChI is InChI=1S/C26H45N5O7/c1-8-9-10-18-12-20(32)27-13-21(33)31-22(15(4)5)25(36)30-19(11-14(2)3)24(35)28-16(6)23(34)29-17(7)26(37)38-18/h14-19,22H,8-13H2,1-7H3,(H,27,32)(H,28,35)(H,29,34)(H,30,36)(H,31,33). The van der Waals surface area contributed by atoms with Crippen LogP contribution < -0.4 is 26.6 Å². The number of esters is 1. The van der Waals surface area contributed by atoms with Gasteiger partial charge in [0.15, 0.2) is 0 Å². The highest BCUT2D eigenvalue weighted by atomic mass is 16.5. The molecule has 1 fully saturated rings. The van der Waals surface area contributed by atoms with Crippen LogP contribution >= 0.6 is 0 Å². The minimum atomic E-state index is -1.03. The molecular formula is C26H45N5O7. The summed E-state index contributed by atoms with van der Waals surface area (Å²) in [6.07, 6.45) is 1.35. The van der Waals surface area contributed by atoms with Crippen LogP contribution in [0.25, 0.3) is 0 Å². The number of unbranched alkanes of at least 4 members (excludes halogenated alkanes) is 1. The van der Waals surface area contributed by atoms with Crippen LogP contribution in [0.2, 0.25) is 0 Å². The molecule has 1 aliphatic heterocycles. The molecule has 1 aliphatic rings. The van der Waals surface area contributed by atoms with Gasteiger partial charge < -0.3 is 31.3 Å². The summed E-state index contributed by atoms with van der Waals surface area (Å²) in [6, 6.07) is -3.95. The first-order valence-electron chi connectivity index (χ1n) is 13.4. The average molecular weight is 540 g/mol. The molecule has 0 radical (unpaired) electrons. The third-order valence-electron chi connectivity index (χ3n) is 6.09. The summed E-state index contributed by atoms with van der Waals surface area (Å²) < 4.78 is 5.50. The van der Waals surface area contributed by atoms with E-state index in [4.69, 9.17) is 4.74 Å². The highest BCUT2D eigenvalue weighted by Gasteiger charge is 2.31. The second kappa shape index (κ2) is 15.9. The lowest BCUT2D eigenvalue weighted by molar-refractivity contribution is -0.154. The van der Waals surface area contributed by atoms with Crippen molar-refractivity contribution in [2.75, 3.05) is 6.54 Å². The third kappa shape index (κ3) is 11.5. The Morgan fingerprint density at radius 2 is 1.45 bits per heavy atom. The van der Waals surface area contributed by atoms with E-state index in [9.17, 15) is 28.8 Å². The fourth-order valence-corrected chi connectivity index (χ4v) is 3.86. The van der Waals surface area contributed by atoms with E-state index in [2.05, 4.69) is 26.6 Å². The van der Waals surface area contributed by atoms with E-state index in [1.165, 1.54) is 13.8 Å². The van der Waals surface area contributed by atoms with Crippen LogP contribution in [0.1, 0.15) is 80.6 Å². The summed E-state index contributed by atoms with van der Waals surface area (Å²) in [6.45, 7) is 11.8. The van der Waals surface area contributed by atoms with Gasteiger partial charge in [0.25, 0.3) is 0 Å². The molecule has 5 atom stereocenters. The topological polar surface area (TPSA) is 172 Å². The molecule has 0 aromatic heterocycles. The Bertz CT molecular complexity index is 861. The lowest BCUT2D eigenvalue weighted by atomic mass is 9.99. The van der Waals surface area contributed by atoms with Gasteiger partial charge in [-0.25, -0.2) is 4.79 Å². The number of rotatable bonds is 6. The lowest BCUT2D eigenvalue weighted by Crippen LogP contribution is -2.58. The van der Waals surface area contributed by atoms with Crippen molar-refractivity contribution in [2.45, 2.75) is 111 Å². The van der Waals surface area contributed by atoms with E-state index in [0.29, 0.717) is 19.3 Å². The maximum absolute atomic E-state index is 13.1. The van der Waals surface area contributed by atoms with Gasteiger partial charge in [-0.05, 0) is 38.5 Å². The van der Waals surface area contributed by atoms with E-state index in [1.807, 2.05) is 20.8 Å². The quantitative estimate of drug-likeness (QED) is 0.302. The van der Waals surface area contributed by atoms with Crippen molar-refractivity contribution in [3.8, 4) is 0 Å². The van der Waals surface area contributed by atoms with Crippen LogP contribution in [-0.4, -0.2) is 72.3 Å². The molecular weight excluding hydrogens is 494 g/mol. The summed E-state index contributed by atoms with van der Waals surface area (Å²) in [5, 5.41) is 12.9. The second-order valence-corrected chi connectivity index (χ2v) is 10.6. The second-order valence-electron chi connectivity index (χ2n) is 10.6. The number of nitrogens with one attached hydrogen (secondary N) is 5. The Labute approximate surface area is 225 Å². The predicted octanol–water partition coefficient (Wildman–Crippen LogP) is 0.289. The van der Waals surface area contributed by atoms with Crippen molar-refractivity contribution in [2.24, 2.45) is 11.8 Å². The molecule has 216 valence electrons. The monoisotopic (exact) mass is 539 g/mol. The zero-order valence-corrected chi connectivity index (χ0v) is 23.6. The van der Waals surface area contributed by atoms with Crippen LogP contribution in [0.5, 0.6) is 0 Å². The van der Waals surface area contributed by atoms with Gasteiger partial charge in [0.05, 0.1) is 13.0 Å². The van der Waals surface area contributed by atoms with Gasteiger partial charge in [0.1, 0.15) is 30.3 Å². The van der Waals surface area contributed by atoms with Gasteiger partial charge in [0, 0.05) is 0 Å². The number of carbonyl (C=O) groups is 6. The summed E-state index contributed by atoms with van der Waals surface area (Å²) in [4.78, 5) is 76.5. The average Bonchev–Trinajstić information content (AvgIpc) is 2.82. The SMILES string of the molecule is CCCCC1CC(=O)NCC(=O)NC(C(C)C)C(=O)NC(CC(C)C)C(=O)NC(C)C(=O)NC(C)C(=O)O1. The molecule has 0 aromatic carbocycles. The molecule has 0 spiro atoms. The van der Waals surface area contributed by atoms with Crippen molar-refractivity contribution in [3.63, 3.8) is 0 Å². The van der Waals surface area contributed by atoms with E-state index in [0.717, 1.165) is 6.42 Å². The summed E-state index contributed by atoms with van der Waals surface area (Å²) >= 11 is 0. The third-order valence-corrected chi connectivity index (χ3v) is 6.09. The van der Waals surface area contributed by atoms with Crippen LogP contribution in [0.4, 0.5) is 0 Å². The van der Waals surface area contributed by atoms with E-state index < -0.39 is 65.8 Å². The first kappa shape index (κ1) is 32.8. The number of ether oxygens (including phenoxy) is 1. The molecule has 5 amide bonds. The Hall–Kier alpha value is -3.18. The maximum Gasteiger partial charge on any atom is 0.328 e. The molecule has 38 heavy (non-hydrogen) atoms. The van der Waals surface area contributed by atoms with E-state index >= 15 is 0 Å². The van der Waals surface area contributed by atoms with Gasteiger partial charge in [-0.3, -0.25) is 24.0 Å². The molecule has 12 heteroatoms. The molecule has 0 aliphatic carbocycles. The molecule has 1 saturated heterocycles. The number of hydrogen-bond acceptors (Lipinski definition) is 7. The van der Waals surface area contributed by atoms with E-state index in [-0.39, 0.29) is 24.8 Å². The molecule has 0 saturated carbocycles. The normalized spacial score (nSPS) is 27.2. The van der Waals surface area contributed by atoms with Gasteiger partial charge in [0.2, 0.25) is 29.5 Å². The zero-order valence-electron chi connectivity index (χ0n) is 23.6. The van der Waals surface area contributed by atoms with Gasteiger partial charge in [-0.15, -0.1) is 0 Å². The number of carbonyl (C=O) groups excluding carboxylic acids is 6. The van der Waals surface area contributed by atoms with Crippen molar-refractivity contribution < 1.29 is 33.5 Å². The highest BCUT2D eigenvalue weighted by molar-refractivity contribution is 5.95. The smallest absolute Gasteiger partial charge is 0.328 e. The van der Waals surface area contributed by atoms with Crippen LogP contribution in [0.3, 0.4) is 0 Å². The molecule has 5 N–H and O–H groups in total. The Balaban J connectivity index is 3.24. The lowest BCUT2D eigenvalue weighted by Gasteiger charge is -2.27. The Morgan fingerprint density at radius 3 is 2.03 bits per heavy atom. The number of amides is 5. The number of cyclic esters (lactones) is 1. The Morgan fingerprint density at radius 1 is 0.816 bits per heavy atom. The fraction of sp³-hybridized carbons (Fsp3) is 0.769. The van der Waals surface area contributed by atoms with Gasteiger partial charge >= 0.3 is 5.97 Å². The molecule has 0 bridgehead atoms. The Kier molecular flexibility index (Phi) is 13.8. The molecule has 0 aromatic rings. The first-order valence-corrected chi connectivity index (χ1v) is 13.4. The van der Waals surface area contributed by atoms with Crippen molar-refractivity contribution in [1.82, 2.24) is 26.6 Å². The van der Waals surface area contributed by atoms with Crippen molar-refractivity contribution >= 4 is 35.5 Å². The first-order chi connectivity index (χ1) is 17.7. The molecule has 1 heterocycles. The van der Waals surface area contributed by atoms with Crippen molar-refractivity contribution in [1.29, 1.82) is 0 Å². The minimum absolute atomic E-state index is 0.0366. The van der Waals surface area contributed by atoms with Gasteiger partial charge in [-0.2, -0.15) is 0 Å². The summed E-state index contributed by atoms with van der Waals surface area (Å²) in [5.74, 6) is -3.78. The zero-order chi connectivity index (χ0) is 29.0. The summed E-state index contributed by atoms with van der Waals surface area (Å²) in [5.41, 5.74) is 0.